The summed E-state index contributed by atoms with van der Waals surface area (Å²) >= 11 is 0. The second-order valence-corrected chi connectivity index (χ2v) is 8.50. The Morgan fingerprint density at radius 2 is 1.70 bits per heavy atom. The molecule has 0 aromatic heterocycles. The third kappa shape index (κ3) is 4.73. The molecule has 0 nitrogen and oxygen atoms in total. The number of benzene rings is 2. The van der Waals surface area contributed by atoms with Gasteiger partial charge in [-0.25, -0.2) is 0 Å². The standard InChI is InChI=1S/C26H32.Zr/c1-3-19(2)22-12-14-23(15-13-22)25-11-7-10-24-17-21(18-26(24)25)16-20-8-5-4-6-9-20;/h7,10-15,18-20H,3-6,8-9,16-17H2,1-2H3;. The van der Waals surface area contributed by atoms with E-state index in [4.69, 9.17) is 0 Å². The molecule has 1 atom stereocenters. The maximum atomic E-state index is 2.52. The van der Waals surface area contributed by atoms with Crippen molar-refractivity contribution in [1.29, 1.82) is 0 Å². The van der Waals surface area contributed by atoms with E-state index in [-0.39, 0.29) is 26.2 Å². The van der Waals surface area contributed by atoms with E-state index < -0.39 is 0 Å². The van der Waals surface area contributed by atoms with Gasteiger partial charge in [-0.05, 0) is 58.9 Å². The van der Waals surface area contributed by atoms with Crippen LogP contribution in [0.5, 0.6) is 0 Å². The van der Waals surface area contributed by atoms with Crippen molar-refractivity contribution in [3.63, 3.8) is 0 Å². The molecular weight excluding hydrogens is 404 g/mol. The molecule has 1 unspecified atom stereocenters. The average molecular weight is 436 g/mol. The molecule has 0 spiro atoms. The van der Waals surface area contributed by atoms with Crippen molar-refractivity contribution in [2.75, 3.05) is 0 Å². The summed E-state index contributed by atoms with van der Waals surface area (Å²) < 4.78 is 0. The molecule has 0 saturated heterocycles. The molecule has 0 bridgehead atoms. The first-order valence-corrected chi connectivity index (χ1v) is 10.7. The van der Waals surface area contributed by atoms with Crippen LogP contribution in [0.25, 0.3) is 17.2 Å². The minimum absolute atomic E-state index is 0. The van der Waals surface area contributed by atoms with Crippen LogP contribution in [0.3, 0.4) is 0 Å². The minimum Gasteiger partial charge on any atom is -0.0649 e. The molecule has 1 heteroatoms. The van der Waals surface area contributed by atoms with Gasteiger partial charge in [-0.1, -0.05) is 100 Å². The van der Waals surface area contributed by atoms with Crippen LogP contribution in [-0.2, 0) is 32.6 Å². The van der Waals surface area contributed by atoms with Crippen LogP contribution in [0.4, 0.5) is 0 Å². The van der Waals surface area contributed by atoms with Crippen LogP contribution < -0.4 is 0 Å². The second kappa shape index (κ2) is 9.51. The first kappa shape index (κ1) is 20.8. The van der Waals surface area contributed by atoms with Crippen molar-refractivity contribution >= 4 is 6.08 Å². The van der Waals surface area contributed by atoms with Crippen molar-refractivity contribution < 1.29 is 26.2 Å². The number of rotatable bonds is 5. The zero-order chi connectivity index (χ0) is 17.9. The topological polar surface area (TPSA) is 0 Å². The van der Waals surface area contributed by atoms with Crippen LogP contribution in [0, 0.1) is 5.92 Å². The number of hydrogen-bond acceptors (Lipinski definition) is 0. The summed E-state index contributed by atoms with van der Waals surface area (Å²) in [6.07, 6.45) is 13.4. The third-order valence-electron chi connectivity index (χ3n) is 6.64. The Labute approximate surface area is 184 Å². The quantitative estimate of drug-likeness (QED) is 0.450. The Morgan fingerprint density at radius 1 is 0.963 bits per heavy atom. The molecule has 0 N–H and O–H groups in total. The average Bonchev–Trinajstić information content (AvgIpc) is 3.10. The summed E-state index contributed by atoms with van der Waals surface area (Å²) in [6, 6.07) is 16.2. The van der Waals surface area contributed by atoms with E-state index in [9.17, 15) is 0 Å². The first-order valence-electron chi connectivity index (χ1n) is 10.7. The van der Waals surface area contributed by atoms with Gasteiger partial charge in [0, 0.05) is 26.2 Å². The summed E-state index contributed by atoms with van der Waals surface area (Å²) in [5.41, 5.74) is 8.91. The van der Waals surface area contributed by atoms with Crippen LogP contribution in [-0.4, -0.2) is 0 Å². The van der Waals surface area contributed by atoms with Crippen LogP contribution >= 0.6 is 0 Å². The van der Waals surface area contributed by atoms with E-state index in [0.29, 0.717) is 5.92 Å². The largest absolute Gasteiger partial charge is 0.0649 e. The van der Waals surface area contributed by atoms with Crippen molar-refractivity contribution in [2.45, 2.75) is 71.1 Å². The van der Waals surface area contributed by atoms with Gasteiger partial charge in [-0.2, -0.15) is 0 Å². The molecule has 4 rings (SSSR count). The molecule has 2 aliphatic carbocycles. The normalized spacial score (nSPS) is 17.8. The van der Waals surface area contributed by atoms with Crippen molar-refractivity contribution in [2.24, 2.45) is 5.92 Å². The number of allylic oxidation sites excluding steroid dienone is 1. The second-order valence-electron chi connectivity index (χ2n) is 8.50. The van der Waals surface area contributed by atoms with Gasteiger partial charge in [0.2, 0.25) is 0 Å². The van der Waals surface area contributed by atoms with Crippen LogP contribution in [0.1, 0.15) is 81.4 Å². The maximum absolute atomic E-state index is 2.52. The zero-order valence-electron chi connectivity index (χ0n) is 16.9. The summed E-state index contributed by atoms with van der Waals surface area (Å²) in [6.45, 7) is 4.58. The van der Waals surface area contributed by atoms with Gasteiger partial charge in [-0.15, -0.1) is 0 Å². The SMILES string of the molecule is CCC(C)c1ccc(-c2cccc3c2C=C(CC2CCCCC2)C3)cc1.[Zr]. The Hall–Kier alpha value is -0.937. The van der Waals surface area contributed by atoms with Gasteiger partial charge >= 0.3 is 0 Å². The predicted octanol–water partition coefficient (Wildman–Crippen LogP) is 7.77. The van der Waals surface area contributed by atoms with Gasteiger partial charge in [0.15, 0.2) is 0 Å². The predicted molar refractivity (Wildman–Crippen MR) is 113 cm³/mol. The third-order valence-corrected chi connectivity index (χ3v) is 6.64. The van der Waals surface area contributed by atoms with E-state index in [1.54, 1.807) is 5.57 Å². The Kier molecular flexibility index (Phi) is 7.32. The summed E-state index contributed by atoms with van der Waals surface area (Å²) in [4.78, 5) is 0. The molecule has 140 valence electrons. The molecule has 2 aromatic rings. The van der Waals surface area contributed by atoms with E-state index in [2.05, 4.69) is 62.4 Å². The van der Waals surface area contributed by atoms with Crippen molar-refractivity contribution in [3.8, 4) is 11.1 Å². The van der Waals surface area contributed by atoms with Crippen molar-refractivity contribution in [1.82, 2.24) is 0 Å². The molecule has 2 aromatic carbocycles. The van der Waals surface area contributed by atoms with Crippen molar-refractivity contribution in [3.05, 3.63) is 64.7 Å². The Balaban J connectivity index is 0.00000210. The van der Waals surface area contributed by atoms with Gasteiger partial charge < -0.3 is 0 Å². The molecule has 0 radical (unpaired) electrons. The Morgan fingerprint density at radius 3 is 2.41 bits per heavy atom. The number of hydrogen-bond donors (Lipinski definition) is 0. The van der Waals surface area contributed by atoms with E-state index in [0.717, 1.165) is 5.92 Å². The fraction of sp³-hybridized carbons (Fsp3) is 0.462. The van der Waals surface area contributed by atoms with E-state index in [1.807, 2.05) is 0 Å². The monoisotopic (exact) mass is 434 g/mol. The molecular formula is C26H32Zr. The fourth-order valence-corrected chi connectivity index (χ4v) is 4.81. The molecule has 0 amide bonds. The minimum atomic E-state index is 0. The van der Waals surface area contributed by atoms with Crippen LogP contribution in [0.15, 0.2) is 48.0 Å². The fourth-order valence-electron chi connectivity index (χ4n) is 4.81. The summed E-state index contributed by atoms with van der Waals surface area (Å²) in [7, 11) is 0. The van der Waals surface area contributed by atoms with Gasteiger partial charge in [0.05, 0.1) is 0 Å². The van der Waals surface area contributed by atoms with E-state index >= 15 is 0 Å². The smallest absolute Gasteiger partial charge is 0 e. The Bertz CT molecular complexity index is 778. The number of fused-ring (bicyclic) bond motifs is 1. The molecule has 1 saturated carbocycles. The zero-order valence-corrected chi connectivity index (χ0v) is 19.4. The van der Waals surface area contributed by atoms with Gasteiger partial charge in [0.25, 0.3) is 0 Å². The molecule has 0 heterocycles. The molecule has 27 heavy (non-hydrogen) atoms. The summed E-state index contributed by atoms with van der Waals surface area (Å²) in [5, 5.41) is 0. The van der Waals surface area contributed by atoms with Crippen LogP contribution in [0.2, 0.25) is 0 Å². The van der Waals surface area contributed by atoms with E-state index in [1.165, 1.54) is 79.2 Å². The summed E-state index contributed by atoms with van der Waals surface area (Å²) in [5.74, 6) is 1.58. The first-order chi connectivity index (χ1) is 12.7. The van der Waals surface area contributed by atoms with Gasteiger partial charge in [0.1, 0.15) is 0 Å². The molecule has 0 aliphatic heterocycles. The maximum Gasteiger partial charge on any atom is 0 e. The molecule has 2 aliphatic rings. The molecule has 1 fully saturated rings. The van der Waals surface area contributed by atoms with Gasteiger partial charge in [-0.3, -0.25) is 0 Å².